The number of hydrogen-bond donors (Lipinski definition) is 1. The Bertz CT molecular complexity index is 734. The summed E-state index contributed by atoms with van der Waals surface area (Å²) in [5, 5.41) is 9.44. The molecule has 1 saturated heterocycles. The number of nitriles is 1. The van der Waals surface area contributed by atoms with Crippen molar-refractivity contribution in [3.05, 3.63) is 41.0 Å². The van der Waals surface area contributed by atoms with E-state index in [0.717, 1.165) is 22.7 Å². The van der Waals surface area contributed by atoms with Crippen molar-refractivity contribution in [2.24, 2.45) is 11.7 Å². The lowest BCUT2D eigenvalue weighted by atomic mass is 9.92. The SMILES string of the molecule is C[C@@H]1CN(C#N)C[C@@H]1c1nc(C(N)=O)sc1-c1ccccc1. The van der Waals surface area contributed by atoms with Crippen LogP contribution in [0.5, 0.6) is 0 Å². The normalized spacial score (nSPS) is 20.8. The Morgan fingerprint density at radius 1 is 1.41 bits per heavy atom. The summed E-state index contributed by atoms with van der Waals surface area (Å²) in [6, 6.07) is 9.88. The number of aromatic nitrogens is 1. The number of carbonyl (C=O) groups excluding carboxylic acids is 1. The summed E-state index contributed by atoms with van der Waals surface area (Å²) < 4.78 is 0. The molecule has 1 aromatic heterocycles. The predicted molar refractivity (Wildman–Crippen MR) is 85.2 cm³/mol. The van der Waals surface area contributed by atoms with Gasteiger partial charge in [0.05, 0.1) is 10.6 Å². The van der Waals surface area contributed by atoms with Gasteiger partial charge < -0.3 is 10.6 Å². The topological polar surface area (TPSA) is 83.0 Å². The quantitative estimate of drug-likeness (QED) is 0.882. The molecule has 2 heterocycles. The highest BCUT2D eigenvalue weighted by Gasteiger charge is 2.34. The van der Waals surface area contributed by atoms with Gasteiger partial charge in [-0.25, -0.2) is 4.98 Å². The van der Waals surface area contributed by atoms with Gasteiger partial charge in [-0.3, -0.25) is 4.79 Å². The Hall–Kier alpha value is -2.39. The van der Waals surface area contributed by atoms with E-state index in [9.17, 15) is 4.79 Å². The largest absolute Gasteiger partial charge is 0.364 e. The highest BCUT2D eigenvalue weighted by Crippen LogP contribution is 2.40. The summed E-state index contributed by atoms with van der Waals surface area (Å²) in [6.07, 6.45) is 2.20. The fourth-order valence-corrected chi connectivity index (χ4v) is 3.88. The fraction of sp³-hybridized carbons (Fsp3) is 0.312. The summed E-state index contributed by atoms with van der Waals surface area (Å²) >= 11 is 1.33. The number of nitrogens with zero attached hydrogens (tertiary/aromatic N) is 3. The van der Waals surface area contributed by atoms with E-state index >= 15 is 0 Å². The van der Waals surface area contributed by atoms with E-state index in [-0.39, 0.29) is 5.92 Å². The first-order valence-corrected chi connectivity index (χ1v) is 7.92. The Morgan fingerprint density at radius 3 is 2.73 bits per heavy atom. The van der Waals surface area contributed by atoms with Crippen molar-refractivity contribution in [1.82, 2.24) is 9.88 Å². The van der Waals surface area contributed by atoms with Crippen molar-refractivity contribution >= 4 is 17.2 Å². The van der Waals surface area contributed by atoms with Crippen molar-refractivity contribution in [2.45, 2.75) is 12.8 Å². The monoisotopic (exact) mass is 312 g/mol. The number of likely N-dealkylation sites (tertiary alicyclic amines) is 1. The summed E-state index contributed by atoms with van der Waals surface area (Å²) in [5.74, 6) is -0.0552. The van der Waals surface area contributed by atoms with Crippen LogP contribution in [-0.4, -0.2) is 28.9 Å². The van der Waals surface area contributed by atoms with Crippen LogP contribution in [0.2, 0.25) is 0 Å². The van der Waals surface area contributed by atoms with Crippen molar-refractivity contribution < 1.29 is 4.79 Å². The molecule has 1 fully saturated rings. The van der Waals surface area contributed by atoms with Gasteiger partial charge in [-0.15, -0.1) is 11.3 Å². The van der Waals surface area contributed by atoms with Crippen LogP contribution >= 0.6 is 11.3 Å². The first-order chi connectivity index (χ1) is 10.6. The Balaban J connectivity index is 2.07. The number of amides is 1. The summed E-state index contributed by atoms with van der Waals surface area (Å²) in [6.45, 7) is 3.47. The van der Waals surface area contributed by atoms with Gasteiger partial charge in [-0.05, 0) is 11.5 Å². The van der Waals surface area contributed by atoms with Gasteiger partial charge in [0.15, 0.2) is 11.2 Å². The molecule has 112 valence electrons. The molecule has 6 heteroatoms. The summed E-state index contributed by atoms with van der Waals surface area (Å²) in [5.41, 5.74) is 7.32. The Labute approximate surface area is 133 Å². The molecule has 22 heavy (non-hydrogen) atoms. The van der Waals surface area contributed by atoms with E-state index in [1.54, 1.807) is 4.90 Å². The van der Waals surface area contributed by atoms with Crippen molar-refractivity contribution in [2.75, 3.05) is 13.1 Å². The number of benzene rings is 1. The van der Waals surface area contributed by atoms with Crippen molar-refractivity contribution in [3.8, 4) is 16.6 Å². The zero-order valence-corrected chi connectivity index (χ0v) is 13.0. The average molecular weight is 312 g/mol. The first-order valence-electron chi connectivity index (χ1n) is 7.10. The molecule has 2 atom stereocenters. The zero-order valence-electron chi connectivity index (χ0n) is 12.2. The zero-order chi connectivity index (χ0) is 15.7. The minimum Gasteiger partial charge on any atom is -0.364 e. The molecule has 1 aliphatic rings. The van der Waals surface area contributed by atoms with Crippen LogP contribution in [0.15, 0.2) is 30.3 Å². The van der Waals surface area contributed by atoms with Crippen LogP contribution in [-0.2, 0) is 0 Å². The molecule has 1 amide bonds. The molecule has 1 aromatic carbocycles. The van der Waals surface area contributed by atoms with Crippen LogP contribution < -0.4 is 5.73 Å². The molecule has 0 spiro atoms. The van der Waals surface area contributed by atoms with Crippen molar-refractivity contribution in [1.29, 1.82) is 5.26 Å². The standard InChI is InChI=1S/C16H16N4OS/c1-10-7-20(9-17)8-12(10)13-14(11-5-3-2-4-6-11)22-16(19-13)15(18)21/h2-6,10,12H,7-8H2,1H3,(H2,18,21)/t10-,12+/m1/s1. The third-order valence-corrected chi connectivity index (χ3v) is 5.14. The third-order valence-electron chi connectivity index (χ3n) is 4.01. The number of thiazole rings is 1. The van der Waals surface area contributed by atoms with Gasteiger partial charge in [-0.1, -0.05) is 37.3 Å². The summed E-state index contributed by atoms with van der Waals surface area (Å²) in [7, 11) is 0. The third kappa shape index (κ3) is 2.55. The number of carbonyl (C=O) groups is 1. The maximum absolute atomic E-state index is 11.5. The second-order valence-electron chi connectivity index (χ2n) is 5.55. The van der Waals surface area contributed by atoms with Gasteiger partial charge in [0.25, 0.3) is 5.91 Å². The lowest BCUT2D eigenvalue weighted by Gasteiger charge is -2.13. The van der Waals surface area contributed by atoms with E-state index in [1.807, 2.05) is 30.3 Å². The second kappa shape index (κ2) is 5.78. The van der Waals surface area contributed by atoms with Crippen LogP contribution in [0.25, 0.3) is 10.4 Å². The molecule has 2 N–H and O–H groups in total. The number of hydrogen-bond acceptors (Lipinski definition) is 5. The van der Waals surface area contributed by atoms with Gasteiger partial charge in [0.2, 0.25) is 0 Å². The fourth-order valence-electron chi connectivity index (χ4n) is 2.89. The molecule has 0 aliphatic carbocycles. The molecular weight excluding hydrogens is 296 g/mol. The molecule has 2 aromatic rings. The number of rotatable bonds is 3. The van der Waals surface area contributed by atoms with Crippen LogP contribution in [0.4, 0.5) is 0 Å². The van der Waals surface area contributed by atoms with Crippen LogP contribution in [0.1, 0.15) is 28.3 Å². The van der Waals surface area contributed by atoms with E-state index in [2.05, 4.69) is 18.1 Å². The molecule has 0 bridgehead atoms. The number of nitrogens with two attached hydrogens (primary N) is 1. The second-order valence-corrected chi connectivity index (χ2v) is 6.55. The molecule has 5 nitrogen and oxygen atoms in total. The average Bonchev–Trinajstić information content (AvgIpc) is 3.11. The van der Waals surface area contributed by atoms with E-state index in [4.69, 9.17) is 11.0 Å². The maximum Gasteiger partial charge on any atom is 0.277 e. The summed E-state index contributed by atoms with van der Waals surface area (Å²) in [4.78, 5) is 18.7. The van der Waals surface area contributed by atoms with Gasteiger partial charge in [0.1, 0.15) is 0 Å². The minimum atomic E-state index is -0.503. The Kier molecular flexibility index (Phi) is 3.82. The lowest BCUT2D eigenvalue weighted by Crippen LogP contribution is -2.14. The molecular formula is C16H16N4OS. The highest BCUT2D eigenvalue weighted by atomic mass is 32.1. The smallest absolute Gasteiger partial charge is 0.277 e. The van der Waals surface area contributed by atoms with E-state index in [1.165, 1.54) is 11.3 Å². The Morgan fingerprint density at radius 2 is 2.14 bits per heavy atom. The molecule has 0 radical (unpaired) electrons. The molecule has 1 aliphatic heterocycles. The maximum atomic E-state index is 11.5. The highest BCUT2D eigenvalue weighted by molar-refractivity contribution is 7.17. The minimum absolute atomic E-state index is 0.138. The molecule has 0 unspecified atom stereocenters. The van der Waals surface area contributed by atoms with Crippen molar-refractivity contribution in [3.63, 3.8) is 0 Å². The molecule has 0 saturated carbocycles. The van der Waals surface area contributed by atoms with Gasteiger partial charge >= 0.3 is 0 Å². The van der Waals surface area contributed by atoms with Gasteiger partial charge in [-0.2, -0.15) is 5.26 Å². The van der Waals surface area contributed by atoms with Crippen LogP contribution in [0.3, 0.4) is 0 Å². The first kappa shape index (κ1) is 14.5. The number of primary amides is 1. The predicted octanol–water partition coefficient (Wildman–Crippen LogP) is 2.43. The molecule has 3 rings (SSSR count). The van der Waals surface area contributed by atoms with E-state index < -0.39 is 5.91 Å². The van der Waals surface area contributed by atoms with Crippen LogP contribution in [0, 0.1) is 17.4 Å². The lowest BCUT2D eigenvalue weighted by molar-refractivity contribution is 0.0999. The van der Waals surface area contributed by atoms with Gasteiger partial charge in [0, 0.05) is 19.0 Å². The van der Waals surface area contributed by atoms with E-state index in [0.29, 0.717) is 17.5 Å².